The number of hydrogen-bond donors (Lipinski definition) is 0. The van der Waals surface area contributed by atoms with Crippen molar-refractivity contribution in [2.75, 3.05) is 6.61 Å². The van der Waals surface area contributed by atoms with Crippen LogP contribution in [0.1, 0.15) is 25.0 Å². The normalized spacial score (nSPS) is 10.3. The van der Waals surface area contributed by atoms with Crippen molar-refractivity contribution in [3.8, 4) is 5.75 Å². The first-order chi connectivity index (χ1) is 6.70. The van der Waals surface area contributed by atoms with E-state index < -0.39 is 0 Å². The summed E-state index contributed by atoms with van der Waals surface area (Å²) in [5, 5.41) is 0. The third-order valence-electron chi connectivity index (χ3n) is 2.31. The zero-order valence-electron chi connectivity index (χ0n) is 9.13. The first-order valence-corrected chi connectivity index (χ1v) is 4.89. The average molecular weight is 189 g/mol. The Morgan fingerprint density at radius 1 is 1.50 bits per heavy atom. The lowest BCUT2D eigenvalue weighted by Gasteiger charge is -2.13. The zero-order valence-corrected chi connectivity index (χ0v) is 9.13. The Morgan fingerprint density at radius 3 is 2.79 bits per heavy atom. The van der Waals surface area contributed by atoms with Crippen molar-refractivity contribution in [2.45, 2.75) is 20.8 Å². The fraction of sp³-hybridized carbons (Fsp3) is 0.308. The summed E-state index contributed by atoms with van der Waals surface area (Å²) < 4.78 is 5.52. The van der Waals surface area contributed by atoms with Gasteiger partial charge in [0.2, 0.25) is 0 Å². The zero-order chi connectivity index (χ0) is 10.6. The Balaban J connectivity index is 3.06. The molecule has 75 valence electrons. The van der Waals surface area contributed by atoms with Crippen LogP contribution in [0, 0.1) is 12.8 Å². The van der Waals surface area contributed by atoms with Crippen LogP contribution in [-0.2, 0) is 0 Å². The van der Waals surface area contributed by atoms with Gasteiger partial charge in [0.1, 0.15) is 5.75 Å². The van der Waals surface area contributed by atoms with Crippen molar-refractivity contribution in [2.24, 2.45) is 0 Å². The van der Waals surface area contributed by atoms with Crippen LogP contribution >= 0.6 is 0 Å². The predicted octanol–water partition coefficient (Wildman–Crippen LogP) is 3.52. The monoisotopic (exact) mass is 189 g/mol. The third-order valence-corrected chi connectivity index (χ3v) is 2.31. The van der Waals surface area contributed by atoms with E-state index in [0.717, 1.165) is 5.75 Å². The topological polar surface area (TPSA) is 9.23 Å². The molecular formula is C13H17O. The number of rotatable bonds is 4. The van der Waals surface area contributed by atoms with Crippen LogP contribution in [0.15, 0.2) is 30.9 Å². The second-order valence-electron chi connectivity index (χ2n) is 3.25. The number of hydrogen-bond acceptors (Lipinski definition) is 1. The van der Waals surface area contributed by atoms with E-state index in [1.54, 1.807) is 0 Å². The SMILES string of the molecule is C=C[C](C)c1cccc(OCC)c1C. The van der Waals surface area contributed by atoms with Crippen LogP contribution in [0.2, 0.25) is 0 Å². The Morgan fingerprint density at radius 2 is 2.21 bits per heavy atom. The molecule has 0 atom stereocenters. The lowest BCUT2D eigenvalue weighted by atomic mass is 9.96. The van der Waals surface area contributed by atoms with Crippen molar-refractivity contribution in [3.05, 3.63) is 47.9 Å². The fourth-order valence-corrected chi connectivity index (χ4v) is 1.46. The van der Waals surface area contributed by atoms with E-state index in [1.807, 2.05) is 25.1 Å². The maximum absolute atomic E-state index is 5.52. The van der Waals surface area contributed by atoms with Gasteiger partial charge in [-0.3, -0.25) is 0 Å². The second kappa shape index (κ2) is 4.85. The minimum atomic E-state index is 0.706. The Labute approximate surface area is 86.4 Å². The van der Waals surface area contributed by atoms with Gasteiger partial charge in [-0.05, 0) is 31.0 Å². The van der Waals surface area contributed by atoms with Crippen LogP contribution in [-0.4, -0.2) is 6.61 Å². The minimum absolute atomic E-state index is 0.706. The van der Waals surface area contributed by atoms with E-state index in [0.29, 0.717) is 6.61 Å². The number of benzene rings is 1. The molecule has 0 aliphatic carbocycles. The molecule has 1 radical (unpaired) electrons. The molecule has 1 aromatic rings. The van der Waals surface area contributed by atoms with Gasteiger partial charge in [0, 0.05) is 5.92 Å². The smallest absolute Gasteiger partial charge is 0.122 e. The van der Waals surface area contributed by atoms with Crippen LogP contribution in [0.5, 0.6) is 5.75 Å². The molecular weight excluding hydrogens is 172 g/mol. The van der Waals surface area contributed by atoms with Gasteiger partial charge in [-0.25, -0.2) is 0 Å². The van der Waals surface area contributed by atoms with E-state index >= 15 is 0 Å². The molecule has 0 N–H and O–H groups in total. The summed E-state index contributed by atoms with van der Waals surface area (Å²) in [4.78, 5) is 0. The van der Waals surface area contributed by atoms with Gasteiger partial charge < -0.3 is 4.74 Å². The van der Waals surface area contributed by atoms with E-state index in [1.165, 1.54) is 17.0 Å². The molecule has 0 aliphatic rings. The van der Waals surface area contributed by atoms with E-state index in [9.17, 15) is 0 Å². The van der Waals surface area contributed by atoms with Crippen molar-refractivity contribution < 1.29 is 4.74 Å². The fourth-order valence-electron chi connectivity index (χ4n) is 1.46. The largest absolute Gasteiger partial charge is 0.494 e. The molecule has 0 heterocycles. The Kier molecular flexibility index (Phi) is 3.75. The van der Waals surface area contributed by atoms with Gasteiger partial charge in [-0.15, -0.1) is 6.58 Å². The molecule has 0 saturated carbocycles. The van der Waals surface area contributed by atoms with Gasteiger partial charge in [-0.1, -0.05) is 25.1 Å². The van der Waals surface area contributed by atoms with Crippen LogP contribution in [0.3, 0.4) is 0 Å². The second-order valence-corrected chi connectivity index (χ2v) is 3.25. The van der Waals surface area contributed by atoms with E-state index in [-0.39, 0.29) is 0 Å². The van der Waals surface area contributed by atoms with Crippen LogP contribution in [0.25, 0.3) is 0 Å². The maximum atomic E-state index is 5.52. The lowest BCUT2D eigenvalue weighted by molar-refractivity contribution is 0.337. The third kappa shape index (κ3) is 2.16. The van der Waals surface area contributed by atoms with Gasteiger partial charge >= 0.3 is 0 Å². The predicted molar refractivity (Wildman–Crippen MR) is 60.6 cm³/mol. The van der Waals surface area contributed by atoms with Crippen molar-refractivity contribution in [1.29, 1.82) is 0 Å². The molecule has 0 amide bonds. The van der Waals surface area contributed by atoms with E-state index in [2.05, 4.69) is 26.5 Å². The highest BCUT2D eigenvalue weighted by atomic mass is 16.5. The summed E-state index contributed by atoms with van der Waals surface area (Å²) in [5.41, 5.74) is 2.40. The molecule has 0 unspecified atom stereocenters. The molecule has 0 aromatic heterocycles. The first-order valence-electron chi connectivity index (χ1n) is 4.89. The highest BCUT2D eigenvalue weighted by molar-refractivity contribution is 5.48. The molecule has 1 aromatic carbocycles. The summed E-state index contributed by atoms with van der Waals surface area (Å²) in [6, 6.07) is 6.11. The summed E-state index contributed by atoms with van der Waals surface area (Å²) in [6.07, 6.45) is 1.87. The molecule has 0 bridgehead atoms. The number of allylic oxidation sites excluding steroid dienone is 1. The molecule has 0 aliphatic heterocycles. The van der Waals surface area contributed by atoms with Gasteiger partial charge in [0.25, 0.3) is 0 Å². The summed E-state index contributed by atoms with van der Waals surface area (Å²) in [6.45, 7) is 10.6. The summed E-state index contributed by atoms with van der Waals surface area (Å²) >= 11 is 0. The number of ether oxygens (including phenoxy) is 1. The van der Waals surface area contributed by atoms with Gasteiger partial charge in [-0.2, -0.15) is 0 Å². The van der Waals surface area contributed by atoms with E-state index in [4.69, 9.17) is 4.74 Å². The molecule has 0 spiro atoms. The van der Waals surface area contributed by atoms with Crippen molar-refractivity contribution >= 4 is 0 Å². The average Bonchev–Trinajstić information content (AvgIpc) is 2.20. The molecule has 0 fully saturated rings. The van der Waals surface area contributed by atoms with Crippen molar-refractivity contribution in [3.63, 3.8) is 0 Å². The Hall–Kier alpha value is -1.24. The molecule has 1 rings (SSSR count). The highest BCUT2D eigenvalue weighted by Crippen LogP contribution is 2.26. The van der Waals surface area contributed by atoms with Crippen LogP contribution < -0.4 is 4.74 Å². The molecule has 14 heavy (non-hydrogen) atoms. The standard InChI is InChI=1S/C13H17O/c1-5-10(3)12-8-7-9-13(11(12)4)14-6-2/h5,7-9H,1,6H2,2-4H3. The van der Waals surface area contributed by atoms with Crippen molar-refractivity contribution in [1.82, 2.24) is 0 Å². The maximum Gasteiger partial charge on any atom is 0.122 e. The van der Waals surface area contributed by atoms with Gasteiger partial charge in [0.05, 0.1) is 6.61 Å². The minimum Gasteiger partial charge on any atom is -0.494 e. The quantitative estimate of drug-likeness (QED) is 0.704. The Bertz CT molecular complexity index is 315. The highest BCUT2D eigenvalue weighted by Gasteiger charge is 2.08. The summed E-state index contributed by atoms with van der Waals surface area (Å²) in [7, 11) is 0. The first kappa shape index (κ1) is 10.8. The lowest BCUT2D eigenvalue weighted by Crippen LogP contribution is -1.99. The molecule has 1 nitrogen and oxygen atoms in total. The van der Waals surface area contributed by atoms with Gasteiger partial charge in [0.15, 0.2) is 0 Å². The van der Waals surface area contributed by atoms with Crippen LogP contribution in [0.4, 0.5) is 0 Å². The molecule has 1 heteroatoms. The molecule has 0 saturated heterocycles. The summed E-state index contributed by atoms with van der Waals surface area (Å²) in [5.74, 6) is 2.15.